The molecule has 0 aliphatic carbocycles. The quantitative estimate of drug-likeness (QED) is 0.452. The van der Waals surface area contributed by atoms with Gasteiger partial charge in [-0.2, -0.15) is 0 Å². The van der Waals surface area contributed by atoms with Gasteiger partial charge in [0.05, 0.1) is 5.02 Å². The summed E-state index contributed by atoms with van der Waals surface area (Å²) in [6, 6.07) is 8.48. The fourth-order valence-corrected chi connectivity index (χ4v) is 2.60. The fraction of sp³-hybridized carbons (Fsp3) is 0.158. The van der Waals surface area contributed by atoms with Crippen LogP contribution in [0.2, 0.25) is 5.02 Å². The molecule has 7 heteroatoms. The zero-order valence-corrected chi connectivity index (χ0v) is 14.3. The molecular formula is C19H14ClFO5. The summed E-state index contributed by atoms with van der Waals surface area (Å²) in [6.07, 6.45) is 2.65. The van der Waals surface area contributed by atoms with Crippen LogP contribution in [0.5, 0.6) is 11.5 Å². The van der Waals surface area contributed by atoms with Crippen molar-refractivity contribution in [3.8, 4) is 11.5 Å². The molecule has 0 aromatic heterocycles. The van der Waals surface area contributed by atoms with Crippen LogP contribution in [0.1, 0.15) is 15.9 Å². The predicted octanol–water partition coefficient (Wildman–Crippen LogP) is 3.69. The molecule has 0 saturated heterocycles. The van der Waals surface area contributed by atoms with Crippen molar-refractivity contribution in [1.29, 1.82) is 0 Å². The van der Waals surface area contributed by atoms with Gasteiger partial charge in [-0.1, -0.05) is 23.7 Å². The molecule has 0 unspecified atom stereocenters. The van der Waals surface area contributed by atoms with E-state index in [1.165, 1.54) is 30.4 Å². The second-order valence-corrected chi connectivity index (χ2v) is 5.81. The van der Waals surface area contributed by atoms with E-state index in [0.717, 1.165) is 6.07 Å². The van der Waals surface area contributed by atoms with E-state index in [1.807, 2.05) is 0 Å². The number of carbonyl (C=O) groups is 2. The van der Waals surface area contributed by atoms with Gasteiger partial charge in [0.25, 0.3) is 0 Å². The molecule has 26 heavy (non-hydrogen) atoms. The summed E-state index contributed by atoms with van der Waals surface area (Å²) in [4.78, 5) is 23.6. The van der Waals surface area contributed by atoms with Crippen LogP contribution in [0.4, 0.5) is 4.39 Å². The summed E-state index contributed by atoms with van der Waals surface area (Å²) >= 11 is 6.12. The van der Waals surface area contributed by atoms with Crippen LogP contribution >= 0.6 is 11.6 Å². The minimum absolute atomic E-state index is 0.139. The summed E-state index contributed by atoms with van der Waals surface area (Å²) in [5.41, 5.74) is 0.757. The molecule has 0 atom stereocenters. The summed E-state index contributed by atoms with van der Waals surface area (Å²) in [7, 11) is 0. The third-order valence-corrected chi connectivity index (χ3v) is 3.80. The molecule has 1 aliphatic heterocycles. The average Bonchev–Trinajstić information content (AvgIpc) is 2.64. The highest BCUT2D eigenvalue weighted by Crippen LogP contribution is 2.38. The van der Waals surface area contributed by atoms with Crippen molar-refractivity contribution < 1.29 is 28.2 Å². The van der Waals surface area contributed by atoms with E-state index in [4.69, 9.17) is 25.8 Å². The van der Waals surface area contributed by atoms with Crippen LogP contribution in [-0.4, -0.2) is 31.6 Å². The Bertz CT molecular complexity index is 878. The summed E-state index contributed by atoms with van der Waals surface area (Å²) in [5, 5.41) is 0.372. The highest BCUT2D eigenvalue weighted by molar-refractivity contribution is 6.32. The Kier molecular flexibility index (Phi) is 5.53. The molecule has 0 N–H and O–H groups in total. The maximum atomic E-state index is 13.1. The SMILES string of the molecule is O=C(/C=C/c1cc(Cl)c2c(c1)OCCO2)OCC(=O)c1cccc(F)c1. The highest BCUT2D eigenvalue weighted by Gasteiger charge is 2.16. The van der Waals surface area contributed by atoms with Crippen molar-refractivity contribution in [2.75, 3.05) is 19.8 Å². The standard InChI is InChI=1S/C19H14ClFO5/c20-15-8-12(9-17-19(15)25-7-6-24-17)4-5-18(23)26-11-16(22)13-2-1-3-14(21)10-13/h1-5,8-10H,6-7,11H2/b5-4+. The van der Waals surface area contributed by atoms with Gasteiger partial charge in [-0.25, -0.2) is 9.18 Å². The van der Waals surface area contributed by atoms with Crippen LogP contribution in [0.3, 0.4) is 0 Å². The first-order valence-electron chi connectivity index (χ1n) is 7.75. The number of carbonyl (C=O) groups excluding carboxylic acids is 2. The lowest BCUT2D eigenvalue weighted by atomic mass is 10.1. The molecule has 5 nitrogen and oxygen atoms in total. The van der Waals surface area contributed by atoms with Gasteiger partial charge in [0, 0.05) is 11.6 Å². The molecule has 2 aromatic rings. The summed E-state index contributed by atoms with van der Waals surface area (Å²) in [6.45, 7) is 0.364. The molecule has 134 valence electrons. The third kappa shape index (κ3) is 4.40. The van der Waals surface area contributed by atoms with Gasteiger partial charge in [0.2, 0.25) is 0 Å². The van der Waals surface area contributed by atoms with Gasteiger partial charge >= 0.3 is 5.97 Å². The van der Waals surface area contributed by atoms with Crippen molar-refractivity contribution in [3.05, 3.63) is 64.4 Å². The Morgan fingerprint density at radius 3 is 2.81 bits per heavy atom. The first kappa shape index (κ1) is 17.9. The van der Waals surface area contributed by atoms with E-state index in [2.05, 4.69) is 0 Å². The number of hydrogen-bond acceptors (Lipinski definition) is 5. The maximum absolute atomic E-state index is 13.1. The highest BCUT2D eigenvalue weighted by atomic mass is 35.5. The topological polar surface area (TPSA) is 61.8 Å². The number of rotatable bonds is 5. The summed E-state index contributed by atoms with van der Waals surface area (Å²) in [5.74, 6) is -0.761. The molecule has 0 spiro atoms. The summed E-state index contributed by atoms with van der Waals surface area (Å²) < 4.78 is 28.8. The fourth-order valence-electron chi connectivity index (χ4n) is 2.32. The van der Waals surface area contributed by atoms with Gasteiger partial charge in [0.1, 0.15) is 19.0 Å². The normalized spacial score (nSPS) is 12.8. The van der Waals surface area contributed by atoms with E-state index < -0.39 is 24.2 Å². The number of benzene rings is 2. The Hall–Kier alpha value is -2.86. The largest absolute Gasteiger partial charge is 0.486 e. The molecule has 0 saturated carbocycles. The first-order chi connectivity index (χ1) is 12.5. The monoisotopic (exact) mass is 376 g/mol. The van der Waals surface area contributed by atoms with E-state index in [1.54, 1.807) is 12.1 Å². The van der Waals surface area contributed by atoms with Gasteiger partial charge in [-0.05, 0) is 35.9 Å². The minimum Gasteiger partial charge on any atom is -0.486 e. The number of ether oxygens (including phenoxy) is 3. The van der Waals surface area contributed by atoms with Gasteiger partial charge in [-0.15, -0.1) is 0 Å². The molecular weight excluding hydrogens is 363 g/mol. The molecule has 0 bridgehead atoms. The van der Waals surface area contributed by atoms with Crippen LogP contribution in [0.15, 0.2) is 42.5 Å². The number of fused-ring (bicyclic) bond motifs is 1. The second kappa shape index (κ2) is 8.01. The molecule has 0 fully saturated rings. The van der Waals surface area contributed by atoms with Crippen molar-refractivity contribution in [2.24, 2.45) is 0 Å². The van der Waals surface area contributed by atoms with Crippen molar-refractivity contribution >= 4 is 29.4 Å². The van der Waals surface area contributed by atoms with Crippen molar-refractivity contribution in [3.63, 3.8) is 0 Å². The Morgan fingerprint density at radius 1 is 1.19 bits per heavy atom. The lowest BCUT2D eigenvalue weighted by Gasteiger charge is -2.19. The molecule has 2 aromatic carbocycles. The minimum atomic E-state index is -0.708. The van der Waals surface area contributed by atoms with Gasteiger partial charge in [-0.3, -0.25) is 4.79 Å². The molecule has 3 rings (SSSR count). The number of halogens is 2. The Morgan fingerprint density at radius 2 is 2.00 bits per heavy atom. The first-order valence-corrected chi connectivity index (χ1v) is 8.13. The number of ketones is 1. The van der Waals surface area contributed by atoms with E-state index in [9.17, 15) is 14.0 Å². The predicted molar refractivity (Wildman–Crippen MR) is 93.2 cm³/mol. The number of Topliss-reactive ketones (excluding diaryl/α,β-unsaturated/α-hetero) is 1. The van der Waals surface area contributed by atoms with Crippen LogP contribution in [-0.2, 0) is 9.53 Å². The average molecular weight is 377 g/mol. The zero-order valence-electron chi connectivity index (χ0n) is 13.5. The van der Waals surface area contributed by atoms with Crippen LogP contribution < -0.4 is 9.47 Å². The molecule has 1 aliphatic rings. The molecule has 0 amide bonds. The zero-order chi connectivity index (χ0) is 18.5. The molecule has 0 radical (unpaired) electrons. The maximum Gasteiger partial charge on any atom is 0.331 e. The lowest BCUT2D eigenvalue weighted by Crippen LogP contribution is -2.15. The smallest absolute Gasteiger partial charge is 0.331 e. The lowest BCUT2D eigenvalue weighted by molar-refractivity contribution is -0.136. The van der Waals surface area contributed by atoms with Crippen LogP contribution in [0.25, 0.3) is 6.08 Å². The van der Waals surface area contributed by atoms with Gasteiger partial charge < -0.3 is 14.2 Å². The second-order valence-electron chi connectivity index (χ2n) is 5.40. The number of hydrogen-bond donors (Lipinski definition) is 0. The Balaban J connectivity index is 1.59. The van der Waals surface area contributed by atoms with E-state index in [0.29, 0.717) is 35.3 Å². The third-order valence-electron chi connectivity index (χ3n) is 3.52. The van der Waals surface area contributed by atoms with Crippen LogP contribution in [0, 0.1) is 5.82 Å². The number of esters is 1. The molecule has 1 heterocycles. The van der Waals surface area contributed by atoms with E-state index in [-0.39, 0.29) is 5.56 Å². The Labute approximate surface area is 153 Å². The van der Waals surface area contributed by atoms with Crippen molar-refractivity contribution in [2.45, 2.75) is 0 Å². The van der Waals surface area contributed by atoms with Crippen molar-refractivity contribution in [1.82, 2.24) is 0 Å². The van der Waals surface area contributed by atoms with E-state index >= 15 is 0 Å². The van der Waals surface area contributed by atoms with Gasteiger partial charge in [0.15, 0.2) is 23.9 Å².